The predicted molar refractivity (Wildman–Crippen MR) is 146 cm³/mol. The minimum atomic E-state index is 0. The quantitative estimate of drug-likeness (QED) is 0.239. The normalized spacial score (nSPS) is 15.3. The van der Waals surface area contributed by atoms with Crippen molar-refractivity contribution >= 4 is 35.8 Å². The van der Waals surface area contributed by atoms with Gasteiger partial charge in [-0.25, -0.2) is 4.99 Å². The molecule has 182 valence electrons. The molecule has 1 aliphatic heterocycles. The number of amides is 1. The van der Waals surface area contributed by atoms with E-state index < -0.39 is 0 Å². The number of nitrogens with one attached hydrogen (secondary N) is 2. The van der Waals surface area contributed by atoms with E-state index in [9.17, 15) is 4.79 Å². The number of benzene rings is 1. The van der Waals surface area contributed by atoms with Crippen LogP contribution in [-0.4, -0.2) is 67.0 Å². The van der Waals surface area contributed by atoms with Crippen LogP contribution in [0.5, 0.6) is 0 Å². The molecule has 0 radical (unpaired) electrons. The Morgan fingerprint density at radius 3 is 2.34 bits per heavy atom. The number of carbonyl (C=O) groups excluding carboxylic acids is 1. The van der Waals surface area contributed by atoms with Crippen molar-refractivity contribution in [1.82, 2.24) is 20.4 Å². The number of guanidine groups is 1. The van der Waals surface area contributed by atoms with Crippen molar-refractivity contribution in [3.8, 4) is 0 Å². The number of halogens is 1. The highest BCUT2D eigenvalue weighted by Gasteiger charge is 2.17. The third kappa shape index (κ3) is 10.1. The average molecular weight is 558 g/mol. The van der Waals surface area contributed by atoms with Crippen LogP contribution in [0, 0.1) is 0 Å². The molecule has 2 rings (SSSR count). The van der Waals surface area contributed by atoms with Crippen molar-refractivity contribution in [2.24, 2.45) is 4.99 Å². The van der Waals surface area contributed by atoms with Gasteiger partial charge in [0.2, 0.25) is 0 Å². The molecule has 1 saturated heterocycles. The lowest BCUT2D eigenvalue weighted by atomic mass is 10.1. The molecule has 1 atom stereocenters. The number of rotatable bonds is 11. The van der Waals surface area contributed by atoms with Gasteiger partial charge in [-0.3, -0.25) is 4.79 Å². The molecule has 1 unspecified atom stereocenters. The van der Waals surface area contributed by atoms with Gasteiger partial charge < -0.3 is 20.4 Å². The largest absolute Gasteiger partial charge is 0.357 e. The zero-order chi connectivity index (χ0) is 22.5. The number of hydrogen-bond acceptors (Lipinski definition) is 3. The summed E-state index contributed by atoms with van der Waals surface area (Å²) in [5, 5.41) is 6.88. The molecule has 1 heterocycles. The zero-order valence-corrected chi connectivity index (χ0v) is 22.9. The Morgan fingerprint density at radius 2 is 1.75 bits per heavy atom. The number of carbonyl (C=O) groups is 1. The monoisotopic (exact) mass is 557 g/mol. The fourth-order valence-corrected chi connectivity index (χ4v) is 3.99. The number of hydrogen-bond donors (Lipinski definition) is 2. The van der Waals surface area contributed by atoms with E-state index in [0.717, 1.165) is 75.6 Å². The highest BCUT2D eigenvalue weighted by atomic mass is 127. The Hall–Kier alpha value is -1.35. The molecule has 1 aromatic carbocycles. The van der Waals surface area contributed by atoms with Crippen molar-refractivity contribution in [3.63, 3.8) is 0 Å². The molecule has 0 bridgehead atoms. The van der Waals surface area contributed by atoms with Gasteiger partial charge in [0.05, 0.1) is 6.54 Å². The lowest BCUT2D eigenvalue weighted by Crippen LogP contribution is -2.42. The predicted octanol–water partition coefficient (Wildman–Crippen LogP) is 4.50. The van der Waals surface area contributed by atoms with E-state index in [-0.39, 0.29) is 29.9 Å². The SMILES string of the molecule is CCNC(=NCc1ccc(C(=O)N2CCCCC2)cc1)NC(C)CCCN(CC)CC.I. The second-order valence-electron chi connectivity index (χ2n) is 8.46. The van der Waals surface area contributed by atoms with E-state index in [0.29, 0.717) is 12.6 Å². The van der Waals surface area contributed by atoms with Crippen LogP contribution in [-0.2, 0) is 6.54 Å². The van der Waals surface area contributed by atoms with Crippen LogP contribution in [0.2, 0.25) is 0 Å². The summed E-state index contributed by atoms with van der Waals surface area (Å²) in [5.41, 5.74) is 1.89. The second-order valence-corrected chi connectivity index (χ2v) is 8.46. The summed E-state index contributed by atoms with van der Waals surface area (Å²) in [7, 11) is 0. The summed E-state index contributed by atoms with van der Waals surface area (Å²) in [6, 6.07) is 8.31. The Kier molecular flexibility index (Phi) is 14.6. The molecule has 1 aromatic rings. The van der Waals surface area contributed by atoms with Gasteiger partial charge in [-0.1, -0.05) is 26.0 Å². The molecule has 0 aromatic heterocycles. The fourth-order valence-electron chi connectivity index (χ4n) is 3.99. The first-order valence-electron chi connectivity index (χ1n) is 12.2. The molecule has 2 N–H and O–H groups in total. The summed E-state index contributed by atoms with van der Waals surface area (Å²) >= 11 is 0. The standard InChI is InChI=1S/C25H43N5O.HI/c1-5-26-25(28-21(4)12-11-17-29(6-2)7-3)27-20-22-13-15-23(16-14-22)24(31)30-18-9-8-10-19-30;/h13-16,21H,5-12,17-20H2,1-4H3,(H2,26,27,28);1H. The topological polar surface area (TPSA) is 60.0 Å². The van der Waals surface area contributed by atoms with Gasteiger partial charge >= 0.3 is 0 Å². The fraction of sp³-hybridized carbons (Fsp3) is 0.680. The minimum absolute atomic E-state index is 0. The maximum atomic E-state index is 12.6. The van der Waals surface area contributed by atoms with E-state index >= 15 is 0 Å². The maximum Gasteiger partial charge on any atom is 0.253 e. The van der Waals surface area contributed by atoms with E-state index in [1.165, 1.54) is 12.8 Å². The molecule has 0 spiro atoms. The zero-order valence-electron chi connectivity index (χ0n) is 20.5. The second kappa shape index (κ2) is 16.3. The molecule has 1 fully saturated rings. The van der Waals surface area contributed by atoms with Crippen LogP contribution in [0.3, 0.4) is 0 Å². The van der Waals surface area contributed by atoms with Gasteiger partial charge in [0.25, 0.3) is 5.91 Å². The molecular formula is C25H44IN5O. The van der Waals surface area contributed by atoms with Crippen molar-refractivity contribution in [2.75, 3.05) is 39.3 Å². The molecule has 1 amide bonds. The summed E-state index contributed by atoms with van der Waals surface area (Å²) in [5.74, 6) is 1.01. The van der Waals surface area contributed by atoms with E-state index in [4.69, 9.17) is 4.99 Å². The van der Waals surface area contributed by atoms with Crippen LogP contribution < -0.4 is 10.6 Å². The van der Waals surface area contributed by atoms with Gasteiger partial charge in [0.1, 0.15) is 0 Å². The first-order chi connectivity index (χ1) is 15.1. The minimum Gasteiger partial charge on any atom is -0.357 e. The molecule has 0 saturated carbocycles. The summed E-state index contributed by atoms with van der Waals surface area (Å²) in [6.07, 6.45) is 5.77. The van der Waals surface area contributed by atoms with E-state index in [2.05, 4.69) is 43.2 Å². The van der Waals surface area contributed by atoms with E-state index in [1.807, 2.05) is 29.2 Å². The van der Waals surface area contributed by atoms with E-state index in [1.54, 1.807) is 0 Å². The van der Waals surface area contributed by atoms with Crippen molar-refractivity contribution in [3.05, 3.63) is 35.4 Å². The maximum absolute atomic E-state index is 12.6. The Balaban J connectivity index is 0.00000512. The van der Waals surface area contributed by atoms with Crippen LogP contribution in [0.25, 0.3) is 0 Å². The van der Waals surface area contributed by atoms with Crippen molar-refractivity contribution in [1.29, 1.82) is 0 Å². The van der Waals surface area contributed by atoms with Gasteiger partial charge in [-0.05, 0) is 83.3 Å². The van der Waals surface area contributed by atoms with Crippen LogP contribution in [0.15, 0.2) is 29.3 Å². The molecule has 32 heavy (non-hydrogen) atoms. The first-order valence-corrected chi connectivity index (χ1v) is 12.2. The van der Waals surface area contributed by atoms with Crippen LogP contribution in [0.4, 0.5) is 0 Å². The lowest BCUT2D eigenvalue weighted by Gasteiger charge is -2.26. The number of aliphatic imine (C=N–C) groups is 1. The number of likely N-dealkylation sites (tertiary alicyclic amines) is 1. The molecular weight excluding hydrogens is 513 g/mol. The van der Waals surface area contributed by atoms with Gasteiger partial charge in [-0.2, -0.15) is 0 Å². The third-order valence-corrected chi connectivity index (χ3v) is 6.00. The van der Waals surface area contributed by atoms with Gasteiger partial charge in [-0.15, -0.1) is 24.0 Å². The third-order valence-electron chi connectivity index (χ3n) is 6.00. The van der Waals surface area contributed by atoms with Crippen LogP contribution in [0.1, 0.15) is 75.7 Å². The smallest absolute Gasteiger partial charge is 0.253 e. The summed E-state index contributed by atoms with van der Waals surface area (Å²) in [6.45, 7) is 15.3. The Bertz CT molecular complexity index is 669. The van der Waals surface area contributed by atoms with Crippen molar-refractivity contribution in [2.45, 2.75) is 72.4 Å². The molecule has 0 aliphatic carbocycles. The molecule has 1 aliphatic rings. The first kappa shape index (κ1) is 28.7. The van der Waals surface area contributed by atoms with Gasteiger partial charge in [0, 0.05) is 31.2 Å². The highest BCUT2D eigenvalue weighted by molar-refractivity contribution is 14.0. The average Bonchev–Trinajstić information content (AvgIpc) is 2.81. The van der Waals surface area contributed by atoms with Gasteiger partial charge in [0.15, 0.2) is 5.96 Å². The van der Waals surface area contributed by atoms with Crippen LogP contribution >= 0.6 is 24.0 Å². The summed E-state index contributed by atoms with van der Waals surface area (Å²) < 4.78 is 0. The highest BCUT2D eigenvalue weighted by Crippen LogP contribution is 2.14. The Morgan fingerprint density at radius 1 is 1.09 bits per heavy atom. The van der Waals surface area contributed by atoms with Crippen molar-refractivity contribution < 1.29 is 4.79 Å². The number of piperidine rings is 1. The lowest BCUT2D eigenvalue weighted by molar-refractivity contribution is 0.0724. The molecule has 7 heteroatoms. The Labute approximate surface area is 212 Å². The number of nitrogens with zero attached hydrogens (tertiary/aromatic N) is 3. The molecule has 6 nitrogen and oxygen atoms in total. The summed E-state index contributed by atoms with van der Waals surface area (Å²) in [4.78, 5) is 21.8.